The maximum atomic E-state index is 5.45. The SMILES string of the molecule is Cc1cc(Br)cc(-c2nc(C(C)N3CCNCC3)no2)c1. The molecule has 1 aliphatic heterocycles. The van der Waals surface area contributed by atoms with E-state index in [1.165, 1.54) is 0 Å². The minimum absolute atomic E-state index is 0.179. The van der Waals surface area contributed by atoms with E-state index in [1.807, 2.05) is 6.07 Å². The summed E-state index contributed by atoms with van der Waals surface area (Å²) in [7, 11) is 0. The smallest absolute Gasteiger partial charge is 0.258 e. The van der Waals surface area contributed by atoms with Crippen molar-refractivity contribution in [1.29, 1.82) is 0 Å². The lowest BCUT2D eigenvalue weighted by molar-refractivity contribution is 0.176. The molecule has 0 spiro atoms. The molecule has 0 aliphatic carbocycles. The van der Waals surface area contributed by atoms with Crippen LogP contribution in [0.1, 0.15) is 24.4 Å². The molecule has 2 heterocycles. The fraction of sp³-hybridized carbons (Fsp3) is 0.467. The molecule has 3 rings (SSSR count). The Morgan fingerprint density at radius 2 is 2.05 bits per heavy atom. The number of aromatic nitrogens is 2. The van der Waals surface area contributed by atoms with Crippen LogP contribution < -0.4 is 5.32 Å². The Hall–Kier alpha value is -1.24. The van der Waals surface area contributed by atoms with Gasteiger partial charge in [-0.3, -0.25) is 4.90 Å². The first-order valence-corrected chi connectivity index (χ1v) is 7.99. The van der Waals surface area contributed by atoms with Crippen LogP contribution in [-0.2, 0) is 0 Å². The molecule has 21 heavy (non-hydrogen) atoms. The van der Waals surface area contributed by atoms with E-state index in [4.69, 9.17) is 4.52 Å². The summed E-state index contributed by atoms with van der Waals surface area (Å²) in [6.45, 7) is 8.24. The lowest BCUT2D eigenvalue weighted by Crippen LogP contribution is -2.44. The minimum atomic E-state index is 0.179. The van der Waals surface area contributed by atoms with E-state index in [9.17, 15) is 0 Å². The molecular formula is C15H19BrN4O. The topological polar surface area (TPSA) is 54.2 Å². The van der Waals surface area contributed by atoms with Gasteiger partial charge in [0.05, 0.1) is 6.04 Å². The van der Waals surface area contributed by atoms with Crippen molar-refractivity contribution in [2.45, 2.75) is 19.9 Å². The van der Waals surface area contributed by atoms with Gasteiger partial charge in [0.15, 0.2) is 5.82 Å². The average Bonchev–Trinajstić information content (AvgIpc) is 2.96. The van der Waals surface area contributed by atoms with Crippen LogP contribution in [0.2, 0.25) is 0 Å². The van der Waals surface area contributed by atoms with Crippen LogP contribution in [0.3, 0.4) is 0 Å². The third kappa shape index (κ3) is 3.33. The van der Waals surface area contributed by atoms with Gasteiger partial charge in [-0.2, -0.15) is 4.98 Å². The summed E-state index contributed by atoms with van der Waals surface area (Å²) in [6, 6.07) is 6.29. The molecule has 1 aromatic heterocycles. The number of halogens is 1. The van der Waals surface area contributed by atoms with Crippen LogP contribution in [0.5, 0.6) is 0 Å². The van der Waals surface area contributed by atoms with Crippen molar-refractivity contribution in [1.82, 2.24) is 20.4 Å². The zero-order chi connectivity index (χ0) is 14.8. The summed E-state index contributed by atoms with van der Waals surface area (Å²) in [6.07, 6.45) is 0. The number of benzene rings is 1. The number of hydrogen-bond acceptors (Lipinski definition) is 5. The van der Waals surface area contributed by atoms with Gasteiger partial charge in [-0.05, 0) is 37.6 Å². The Balaban J connectivity index is 1.82. The third-order valence-corrected chi connectivity index (χ3v) is 4.26. The highest BCUT2D eigenvalue weighted by atomic mass is 79.9. The highest BCUT2D eigenvalue weighted by Crippen LogP contribution is 2.26. The molecule has 1 aromatic carbocycles. The molecule has 112 valence electrons. The molecule has 1 aliphatic rings. The van der Waals surface area contributed by atoms with E-state index in [0.29, 0.717) is 5.89 Å². The predicted molar refractivity (Wildman–Crippen MR) is 85.0 cm³/mol. The molecule has 1 atom stereocenters. The Labute approximate surface area is 132 Å². The van der Waals surface area contributed by atoms with Crippen LogP contribution in [0.25, 0.3) is 11.5 Å². The van der Waals surface area contributed by atoms with Crippen molar-refractivity contribution < 1.29 is 4.52 Å². The van der Waals surface area contributed by atoms with Crippen molar-refractivity contribution >= 4 is 15.9 Å². The van der Waals surface area contributed by atoms with Gasteiger partial charge in [0.2, 0.25) is 0 Å². The first kappa shape index (κ1) is 14.7. The van der Waals surface area contributed by atoms with Crippen LogP contribution in [-0.4, -0.2) is 41.2 Å². The van der Waals surface area contributed by atoms with E-state index in [1.54, 1.807) is 0 Å². The Morgan fingerprint density at radius 3 is 2.76 bits per heavy atom. The molecular weight excluding hydrogens is 332 g/mol. The largest absolute Gasteiger partial charge is 0.334 e. The van der Waals surface area contributed by atoms with E-state index < -0.39 is 0 Å². The van der Waals surface area contributed by atoms with Crippen LogP contribution >= 0.6 is 15.9 Å². The summed E-state index contributed by atoms with van der Waals surface area (Å²) in [5, 5.41) is 7.52. The van der Waals surface area contributed by atoms with Gasteiger partial charge in [0.25, 0.3) is 5.89 Å². The van der Waals surface area contributed by atoms with Crippen LogP contribution in [0.4, 0.5) is 0 Å². The molecule has 6 heteroatoms. The lowest BCUT2D eigenvalue weighted by atomic mass is 10.1. The molecule has 0 amide bonds. The zero-order valence-corrected chi connectivity index (χ0v) is 13.9. The Kier molecular flexibility index (Phi) is 4.37. The predicted octanol–water partition coefficient (Wildman–Crippen LogP) is 2.77. The average molecular weight is 351 g/mol. The molecule has 1 fully saturated rings. The molecule has 2 aromatic rings. The van der Waals surface area contributed by atoms with Gasteiger partial charge >= 0.3 is 0 Å². The Bertz CT molecular complexity index is 602. The fourth-order valence-electron chi connectivity index (χ4n) is 2.61. The summed E-state index contributed by atoms with van der Waals surface area (Å²) < 4.78 is 6.47. The third-order valence-electron chi connectivity index (χ3n) is 3.80. The van der Waals surface area contributed by atoms with Gasteiger partial charge in [-0.25, -0.2) is 0 Å². The monoisotopic (exact) mass is 350 g/mol. The summed E-state index contributed by atoms with van der Waals surface area (Å²) in [5.41, 5.74) is 2.11. The molecule has 1 unspecified atom stereocenters. The van der Waals surface area contributed by atoms with Crippen molar-refractivity contribution in [2.24, 2.45) is 0 Å². The van der Waals surface area contributed by atoms with Crippen molar-refractivity contribution in [3.63, 3.8) is 0 Å². The summed E-state index contributed by atoms with van der Waals surface area (Å²) in [4.78, 5) is 6.95. The van der Waals surface area contributed by atoms with Crippen molar-refractivity contribution in [2.75, 3.05) is 26.2 Å². The van der Waals surface area contributed by atoms with Gasteiger partial charge in [-0.15, -0.1) is 0 Å². The molecule has 0 radical (unpaired) electrons. The molecule has 1 N–H and O–H groups in total. The quantitative estimate of drug-likeness (QED) is 0.922. The first-order chi connectivity index (χ1) is 10.1. The maximum absolute atomic E-state index is 5.45. The van der Waals surface area contributed by atoms with Crippen molar-refractivity contribution in [3.8, 4) is 11.5 Å². The maximum Gasteiger partial charge on any atom is 0.258 e. The van der Waals surface area contributed by atoms with E-state index in [0.717, 1.165) is 47.6 Å². The van der Waals surface area contributed by atoms with Gasteiger partial charge in [-0.1, -0.05) is 21.1 Å². The molecule has 0 bridgehead atoms. The normalized spacial score (nSPS) is 17.9. The van der Waals surface area contributed by atoms with Crippen LogP contribution in [0.15, 0.2) is 27.2 Å². The number of rotatable bonds is 3. The first-order valence-electron chi connectivity index (χ1n) is 7.19. The summed E-state index contributed by atoms with van der Waals surface area (Å²) >= 11 is 3.50. The minimum Gasteiger partial charge on any atom is -0.334 e. The van der Waals surface area contributed by atoms with E-state index in [2.05, 4.69) is 62.3 Å². The lowest BCUT2D eigenvalue weighted by Gasteiger charge is -2.30. The molecule has 5 nitrogen and oxygen atoms in total. The number of piperazine rings is 1. The van der Waals surface area contributed by atoms with E-state index in [-0.39, 0.29) is 6.04 Å². The second kappa shape index (κ2) is 6.25. The second-order valence-electron chi connectivity index (χ2n) is 5.44. The van der Waals surface area contributed by atoms with E-state index >= 15 is 0 Å². The van der Waals surface area contributed by atoms with Crippen molar-refractivity contribution in [3.05, 3.63) is 34.1 Å². The summed E-state index contributed by atoms with van der Waals surface area (Å²) in [5.74, 6) is 1.33. The number of hydrogen-bond donors (Lipinski definition) is 1. The highest BCUT2D eigenvalue weighted by molar-refractivity contribution is 9.10. The second-order valence-corrected chi connectivity index (χ2v) is 6.35. The number of nitrogens with zero attached hydrogens (tertiary/aromatic N) is 3. The molecule has 0 saturated carbocycles. The van der Waals surface area contributed by atoms with Crippen LogP contribution in [0, 0.1) is 6.92 Å². The molecule has 1 saturated heterocycles. The fourth-order valence-corrected chi connectivity index (χ4v) is 3.22. The number of nitrogens with one attached hydrogen (secondary N) is 1. The van der Waals surface area contributed by atoms with Gasteiger partial charge < -0.3 is 9.84 Å². The zero-order valence-electron chi connectivity index (χ0n) is 12.3. The number of aryl methyl sites for hydroxylation is 1. The highest BCUT2D eigenvalue weighted by Gasteiger charge is 2.22. The van der Waals surface area contributed by atoms with Gasteiger partial charge in [0.1, 0.15) is 0 Å². The standard InChI is InChI=1S/C15H19BrN4O/c1-10-7-12(9-13(16)8-10)15-18-14(19-21-15)11(2)20-5-3-17-4-6-20/h7-9,11,17H,3-6H2,1-2H3. The Morgan fingerprint density at radius 1 is 1.29 bits per heavy atom. The van der Waals surface area contributed by atoms with Gasteiger partial charge in [0, 0.05) is 36.2 Å².